The van der Waals surface area contributed by atoms with Gasteiger partial charge in [0.1, 0.15) is 0 Å². The van der Waals surface area contributed by atoms with E-state index in [4.69, 9.17) is 9.47 Å². The third-order valence-corrected chi connectivity index (χ3v) is 8.05. The lowest BCUT2D eigenvalue weighted by Gasteiger charge is -2.39. The summed E-state index contributed by atoms with van der Waals surface area (Å²) in [4.78, 5) is 33.8. The smallest absolute Gasteiger partial charge is 0.254 e. The van der Waals surface area contributed by atoms with Crippen molar-refractivity contribution in [3.8, 4) is 11.5 Å². The summed E-state index contributed by atoms with van der Waals surface area (Å²) in [5, 5.41) is 2.16. The highest BCUT2D eigenvalue weighted by atomic mass is 32.1. The molecule has 4 heterocycles. The number of carbonyl (C=O) groups is 2. The number of hydrogen-bond acceptors (Lipinski definition) is 6. The highest BCUT2D eigenvalue weighted by molar-refractivity contribution is 7.10. The molecule has 0 radical (unpaired) electrons. The second-order valence-corrected chi connectivity index (χ2v) is 10.1. The van der Waals surface area contributed by atoms with Gasteiger partial charge in [-0.15, -0.1) is 11.3 Å². The summed E-state index contributed by atoms with van der Waals surface area (Å²) < 4.78 is 10.7. The number of thiophene rings is 1. The molecule has 180 valence electrons. The molecule has 2 amide bonds. The molecule has 3 aliphatic rings. The lowest BCUT2D eigenvalue weighted by molar-refractivity contribution is -0.134. The number of ether oxygens (including phenoxy) is 2. The van der Waals surface area contributed by atoms with Gasteiger partial charge in [-0.1, -0.05) is 30.3 Å². The Morgan fingerprint density at radius 1 is 0.886 bits per heavy atom. The van der Waals surface area contributed by atoms with Crippen molar-refractivity contribution >= 4 is 23.2 Å². The Kier molecular flexibility index (Phi) is 5.91. The van der Waals surface area contributed by atoms with Crippen LogP contribution in [0.4, 0.5) is 0 Å². The first kappa shape index (κ1) is 22.1. The van der Waals surface area contributed by atoms with E-state index in [0.717, 1.165) is 13.0 Å². The molecular weight excluding hydrogens is 462 g/mol. The van der Waals surface area contributed by atoms with Crippen LogP contribution in [0.25, 0.3) is 0 Å². The van der Waals surface area contributed by atoms with Gasteiger partial charge in [-0.25, -0.2) is 0 Å². The molecule has 1 saturated heterocycles. The SMILES string of the molecule is O=C(CN1CCc2sccc2[C@@H]1c1ccccc1)N1CCN(C(=O)c2ccc3c(c2)OCO3)CC1. The van der Waals surface area contributed by atoms with E-state index in [2.05, 4.69) is 40.6 Å². The van der Waals surface area contributed by atoms with Crippen LogP contribution in [-0.2, 0) is 11.2 Å². The van der Waals surface area contributed by atoms with Crippen LogP contribution in [0.5, 0.6) is 11.5 Å². The van der Waals surface area contributed by atoms with Crippen molar-refractivity contribution in [2.24, 2.45) is 0 Å². The van der Waals surface area contributed by atoms with Crippen molar-refractivity contribution in [3.63, 3.8) is 0 Å². The summed E-state index contributed by atoms with van der Waals surface area (Å²) >= 11 is 1.81. The maximum atomic E-state index is 13.3. The summed E-state index contributed by atoms with van der Waals surface area (Å²) in [6, 6.07) is 18.0. The predicted octanol–water partition coefficient (Wildman–Crippen LogP) is 3.41. The lowest BCUT2D eigenvalue weighted by Crippen LogP contribution is -2.53. The van der Waals surface area contributed by atoms with Crippen LogP contribution in [0.2, 0.25) is 0 Å². The summed E-state index contributed by atoms with van der Waals surface area (Å²) in [6.07, 6.45) is 0.974. The molecule has 1 aromatic heterocycles. The monoisotopic (exact) mass is 489 g/mol. The van der Waals surface area contributed by atoms with Gasteiger partial charge >= 0.3 is 0 Å². The maximum Gasteiger partial charge on any atom is 0.254 e. The Hall–Kier alpha value is -3.36. The van der Waals surface area contributed by atoms with Gasteiger partial charge in [0.2, 0.25) is 12.7 Å². The number of nitrogens with zero attached hydrogens (tertiary/aromatic N) is 3. The number of benzene rings is 2. The topological polar surface area (TPSA) is 62.3 Å². The van der Waals surface area contributed by atoms with Crippen molar-refractivity contribution in [3.05, 3.63) is 81.5 Å². The molecule has 3 aromatic rings. The first-order valence-corrected chi connectivity index (χ1v) is 12.9. The van der Waals surface area contributed by atoms with Gasteiger partial charge < -0.3 is 19.3 Å². The summed E-state index contributed by atoms with van der Waals surface area (Å²) in [6.45, 7) is 3.56. The number of hydrogen-bond donors (Lipinski definition) is 0. The Morgan fingerprint density at radius 3 is 2.49 bits per heavy atom. The second-order valence-electron chi connectivity index (χ2n) is 9.07. The highest BCUT2D eigenvalue weighted by Crippen LogP contribution is 2.37. The number of amides is 2. The fourth-order valence-corrected chi connectivity index (χ4v) is 6.11. The van der Waals surface area contributed by atoms with Crippen molar-refractivity contribution in [1.82, 2.24) is 14.7 Å². The molecule has 0 saturated carbocycles. The lowest BCUT2D eigenvalue weighted by atomic mass is 9.93. The Balaban J connectivity index is 1.10. The summed E-state index contributed by atoms with van der Waals surface area (Å²) in [7, 11) is 0. The molecule has 7 nitrogen and oxygen atoms in total. The van der Waals surface area contributed by atoms with Gasteiger partial charge in [0.25, 0.3) is 5.91 Å². The number of rotatable bonds is 4. The third-order valence-electron chi connectivity index (χ3n) is 7.06. The van der Waals surface area contributed by atoms with Crippen LogP contribution in [-0.4, -0.2) is 72.6 Å². The largest absolute Gasteiger partial charge is 0.454 e. The molecule has 8 heteroatoms. The fourth-order valence-electron chi connectivity index (χ4n) is 5.21. The molecule has 1 atom stereocenters. The molecular formula is C27H27N3O4S. The predicted molar refractivity (Wildman–Crippen MR) is 133 cm³/mol. The first-order valence-electron chi connectivity index (χ1n) is 12.0. The van der Waals surface area contributed by atoms with Crippen molar-refractivity contribution in [1.29, 1.82) is 0 Å². The zero-order chi connectivity index (χ0) is 23.8. The van der Waals surface area contributed by atoms with Crippen LogP contribution in [0.3, 0.4) is 0 Å². The second kappa shape index (κ2) is 9.36. The molecule has 0 bridgehead atoms. The Labute approximate surface area is 208 Å². The van der Waals surface area contributed by atoms with Gasteiger partial charge in [-0.2, -0.15) is 0 Å². The molecule has 0 unspecified atom stereocenters. The van der Waals surface area contributed by atoms with E-state index >= 15 is 0 Å². The Bertz CT molecular complexity index is 1240. The van der Waals surface area contributed by atoms with Crippen LogP contribution in [0.1, 0.15) is 32.4 Å². The minimum absolute atomic E-state index is 0.0411. The fraction of sp³-hybridized carbons (Fsp3) is 0.333. The molecule has 3 aliphatic heterocycles. The summed E-state index contributed by atoms with van der Waals surface area (Å²) in [5.41, 5.74) is 3.12. The van der Waals surface area contributed by atoms with E-state index in [9.17, 15) is 9.59 Å². The molecule has 0 N–H and O–H groups in total. The average Bonchev–Trinajstić information content (AvgIpc) is 3.58. The van der Waals surface area contributed by atoms with Gasteiger partial charge in [0.15, 0.2) is 11.5 Å². The zero-order valence-corrected chi connectivity index (χ0v) is 20.2. The molecule has 2 aromatic carbocycles. The average molecular weight is 490 g/mol. The van der Waals surface area contributed by atoms with Crippen LogP contribution in [0.15, 0.2) is 60.0 Å². The van der Waals surface area contributed by atoms with Crippen LogP contribution in [0, 0.1) is 0 Å². The van der Waals surface area contributed by atoms with Crippen molar-refractivity contribution in [2.75, 3.05) is 46.1 Å². The third kappa shape index (κ3) is 4.28. The van der Waals surface area contributed by atoms with E-state index < -0.39 is 0 Å². The minimum atomic E-state index is -0.0411. The van der Waals surface area contributed by atoms with Gasteiger partial charge in [-0.05, 0) is 47.2 Å². The van der Waals surface area contributed by atoms with Crippen LogP contribution >= 0.6 is 11.3 Å². The Morgan fingerprint density at radius 2 is 1.66 bits per heavy atom. The van der Waals surface area contributed by atoms with E-state index in [-0.39, 0.29) is 24.6 Å². The normalized spacial score (nSPS) is 19.5. The van der Waals surface area contributed by atoms with E-state index in [1.165, 1.54) is 16.0 Å². The molecule has 0 spiro atoms. The van der Waals surface area contributed by atoms with E-state index in [1.807, 2.05) is 15.9 Å². The van der Waals surface area contributed by atoms with E-state index in [1.54, 1.807) is 29.5 Å². The number of piperazine rings is 1. The van der Waals surface area contributed by atoms with Crippen LogP contribution < -0.4 is 9.47 Å². The molecule has 35 heavy (non-hydrogen) atoms. The first-order chi connectivity index (χ1) is 17.2. The zero-order valence-electron chi connectivity index (χ0n) is 19.4. The summed E-state index contributed by atoms with van der Waals surface area (Å²) in [5.74, 6) is 1.35. The van der Waals surface area contributed by atoms with Gasteiger partial charge in [0.05, 0.1) is 12.6 Å². The van der Waals surface area contributed by atoms with Crippen molar-refractivity contribution in [2.45, 2.75) is 12.5 Å². The standard InChI is InChI=1S/C27H27N3O4S/c31-25(17-30-10-8-24-21(9-15-35-24)26(30)19-4-2-1-3-5-19)28-11-13-29(14-12-28)27(32)20-6-7-22-23(16-20)34-18-33-22/h1-7,9,15-16,26H,8,10-14,17-18H2/t26-/m0/s1. The molecule has 0 aliphatic carbocycles. The minimum Gasteiger partial charge on any atom is -0.454 e. The van der Waals surface area contributed by atoms with Crippen molar-refractivity contribution < 1.29 is 19.1 Å². The number of fused-ring (bicyclic) bond motifs is 2. The number of carbonyl (C=O) groups excluding carboxylic acids is 2. The quantitative estimate of drug-likeness (QED) is 0.562. The van der Waals surface area contributed by atoms with Gasteiger partial charge in [-0.3, -0.25) is 14.5 Å². The van der Waals surface area contributed by atoms with E-state index in [0.29, 0.717) is 49.8 Å². The maximum absolute atomic E-state index is 13.3. The molecule has 6 rings (SSSR count). The van der Waals surface area contributed by atoms with Gasteiger partial charge in [0, 0.05) is 43.2 Å². The highest BCUT2D eigenvalue weighted by Gasteiger charge is 2.33. The molecule has 1 fully saturated rings.